The fourth-order valence-corrected chi connectivity index (χ4v) is 25.9. The summed E-state index contributed by atoms with van der Waals surface area (Å²) in [7, 11) is -0.863. The molecule has 3 aliphatic heterocycles. The molecule has 0 bridgehead atoms. The molecule has 6 aromatic carbocycles. The summed E-state index contributed by atoms with van der Waals surface area (Å²) in [4.78, 5) is 37.0. The smallest absolute Gasteiger partial charge is 0.481 e. The Kier molecular flexibility index (Phi) is 87.6. The van der Waals surface area contributed by atoms with Crippen LogP contribution in [-0.2, 0) is 104 Å². The summed E-state index contributed by atoms with van der Waals surface area (Å²) in [5.74, 6) is 6.10. The molecule has 0 spiro atoms. The number of ether oxygens (including phenoxy) is 2. The minimum atomic E-state index is -0.609. The Morgan fingerprint density at radius 1 is 0.353 bits per heavy atom. The summed E-state index contributed by atoms with van der Waals surface area (Å²) in [6.45, 7) is 14.6. The van der Waals surface area contributed by atoms with Crippen LogP contribution in [0.2, 0.25) is 0 Å². The number of amidine groups is 1. The van der Waals surface area contributed by atoms with Crippen LogP contribution in [0.4, 0.5) is 0 Å². The summed E-state index contributed by atoms with van der Waals surface area (Å²) in [5.41, 5.74) is 3.81. The maximum Gasteiger partial charge on any atom is 2.00 e. The fraction of sp³-hybridized carbons (Fsp3) is 0.568. The number of hydrogen-bond acceptors (Lipinski definition) is 9. The Morgan fingerprint density at radius 2 is 0.640 bits per heavy atom. The van der Waals surface area contributed by atoms with Crippen molar-refractivity contribution in [1.29, 1.82) is 0 Å². The van der Waals surface area contributed by atoms with Crippen LogP contribution in [0, 0.1) is 122 Å². The van der Waals surface area contributed by atoms with Gasteiger partial charge in [0.05, 0.1) is 36.7 Å². The van der Waals surface area contributed by atoms with Gasteiger partial charge in [-0.25, -0.2) is 9.98 Å². The summed E-state index contributed by atoms with van der Waals surface area (Å²) in [5, 5.41) is 30.3. The molecule has 11 nitrogen and oxygen atoms in total. The molecule has 13 aliphatic rings. The van der Waals surface area contributed by atoms with Gasteiger partial charge in [0, 0.05) is 23.7 Å². The monoisotopic (exact) mass is 2110 g/mol. The molecule has 772 valence electrons. The Hall–Kier alpha value is -3.91. The molecule has 0 aromatic heterocycles. The average molecular weight is 2120 g/mol. The standard InChI is InChI=1S/C32H31N2P.C23H28NOP.C11H21NO2.C11H19NO.C6H10O2.5C5H10.10CH3.5Fe/c1-5-14-24(15-6-1)30-31(25-16-7-2-8-17-25)34-32(33-30)28-22-13-23-29(28)35(26-18-9-3-10-19-26)27-20-11-4-12-21-27;1-17(2)21-16-25-23(24-21)20-14-9-15-22(20)26(18-10-5-3-6-11-18)19-12-7-4-8-13-19;1-8(2)10(7-13)12-11(14)9-5-3-4-6-9;1-8(2)10-7-13-11(12-10)9-5-3-4-6-9;7-6(8)5-3-1-2-4-5;5*1-2-4-5-3-1;;;;;;;;;;;;;;;/h1-12,14-21,28-31H,13,22-23H2,(H,33,34);3-8,10-13,17,20-22H,9,14-16H2,1-2H3;8-10,13H,3-7H2,1-2H3,(H,12,14);8-10H,3-7H2,1-2H3;5H,1-4H2,(H,7,8);5*1-5H2;10*1H3;;;;;/q;;;;;;;;;;10*-1;5*+2/t28?,29?,30-,31-;20?,21-,22?;2*10-;;;;;;;;;;;;;;;;;;;;;/m1111...................../s1. The van der Waals surface area contributed by atoms with E-state index < -0.39 is 21.8 Å². The maximum atomic E-state index is 11.7. The number of aliphatic imine (C=N–C) groups is 3. The molecule has 136 heavy (non-hydrogen) atoms. The number of hydrogen-bond donors (Lipinski definition) is 4. The zero-order valence-electron chi connectivity index (χ0n) is 87.5. The molecule has 18 heteroatoms. The number of carboxylic acids is 1. The second kappa shape index (κ2) is 83.4. The molecule has 9 atom stereocenters. The van der Waals surface area contributed by atoms with Crippen molar-refractivity contribution in [2.24, 2.45) is 62.3 Å². The van der Waals surface area contributed by atoms with Gasteiger partial charge in [0.25, 0.3) is 0 Å². The first-order valence-corrected chi connectivity index (χ1v) is 51.9. The van der Waals surface area contributed by atoms with Gasteiger partial charge in [0.15, 0.2) is 11.8 Å². The molecular weight excluding hydrogens is 1920 g/mol. The summed E-state index contributed by atoms with van der Waals surface area (Å²) < 4.78 is 11.8. The van der Waals surface area contributed by atoms with Crippen molar-refractivity contribution in [2.75, 3.05) is 19.8 Å². The number of amides is 1. The van der Waals surface area contributed by atoms with Crippen LogP contribution in [0.25, 0.3) is 0 Å². The van der Waals surface area contributed by atoms with Crippen LogP contribution >= 0.6 is 15.8 Å². The van der Waals surface area contributed by atoms with Gasteiger partial charge in [-0.1, -0.05) is 435 Å². The molecular formula is C118H189Fe5N5O6P2. The van der Waals surface area contributed by atoms with Crippen molar-refractivity contribution in [3.05, 3.63) is 267 Å². The van der Waals surface area contributed by atoms with Crippen LogP contribution < -0.4 is 31.9 Å². The quantitative estimate of drug-likeness (QED) is 0.0379. The molecule has 10 saturated carbocycles. The Labute approximate surface area is 893 Å². The SMILES string of the molecule is C1CCCC1.C1CCCC1.C1CCCC1.C1CCCC1.C1CCCC1.CC(C)[C@@H](CO)NC(=O)C1CCCC1.CC(C)[C@H]1COC(C2CCCC2)=N1.CC(C)[C@H]1COC(C2CCCC2P(c2ccccc2)c2ccccc2)=N1.O=C(O)C1CCCC1.[CH3-].[CH3-].[CH3-].[CH3-].[CH3-].[CH3-].[CH3-].[CH3-].[CH3-].[CH3-].[Fe+2].[Fe+2].[Fe+2].[Fe+2].[Fe+2].c1ccc([C@H]2N=C(C3CCCC3P(c3ccccc3)c3ccccc3)N[C@@H]2c2ccccc2)cc1. The van der Waals surface area contributed by atoms with E-state index in [1.54, 1.807) is 0 Å². The number of aliphatic carboxylic acids is 1. The van der Waals surface area contributed by atoms with Gasteiger partial charge in [-0.3, -0.25) is 14.6 Å². The molecule has 6 aromatic rings. The average Bonchev–Trinajstić information content (AvgIpc) is 1.63. The van der Waals surface area contributed by atoms with Gasteiger partial charge in [-0.05, 0) is 141 Å². The molecule has 0 saturated heterocycles. The van der Waals surface area contributed by atoms with Gasteiger partial charge in [0.2, 0.25) is 5.91 Å². The van der Waals surface area contributed by atoms with Crippen LogP contribution in [0.3, 0.4) is 0 Å². The van der Waals surface area contributed by atoms with E-state index in [0.717, 1.165) is 63.5 Å². The second-order valence-electron chi connectivity index (χ2n) is 37.5. The molecule has 0 radical (unpaired) electrons. The number of carbonyl (C=O) groups is 2. The number of aliphatic hydroxyl groups excluding tert-OH is 1. The van der Waals surface area contributed by atoms with Crippen molar-refractivity contribution in [3.8, 4) is 0 Å². The number of benzene rings is 6. The van der Waals surface area contributed by atoms with E-state index in [2.05, 4.69) is 225 Å². The van der Waals surface area contributed by atoms with E-state index in [1.807, 2.05) is 13.8 Å². The van der Waals surface area contributed by atoms with Crippen molar-refractivity contribution < 1.29 is 115 Å². The number of rotatable bonds is 18. The predicted octanol–water partition coefficient (Wildman–Crippen LogP) is 31.0. The zero-order valence-corrected chi connectivity index (χ0v) is 94.8. The van der Waals surface area contributed by atoms with Crippen molar-refractivity contribution >= 4 is 66.6 Å². The van der Waals surface area contributed by atoms with Gasteiger partial charge >= 0.3 is 91.3 Å². The van der Waals surface area contributed by atoms with Gasteiger partial charge in [-0.15, -0.1) is 0 Å². The van der Waals surface area contributed by atoms with Crippen LogP contribution in [0.5, 0.6) is 0 Å². The number of nitrogens with zero attached hydrogens (tertiary/aromatic N) is 3. The normalized spacial score (nSPS) is 21.5. The molecule has 1 amide bonds. The first-order chi connectivity index (χ1) is 59.3. The summed E-state index contributed by atoms with van der Waals surface area (Å²) >= 11 is 0. The number of aliphatic hydroxyl groups is 1. The van der Waals surface area contributed by atoms with E-state index in [-0.39, 0.29) is 202 Å². The third kappa shape index (κ3) is 49.1. The van der Waals surface area contributed by atoms with Crippen molar-refractivity contribution in [2.45, 2.75) is 359 Å². The van der Waals surface area contributed by atoms with Gasteiger partial charge in [-0.2, -0.15) is 0 Å². The minimum Gasteiger partial charge on any atom is -0.481 e. The fourth-order valence-electron chi connectivity index (χ4n) is 19.7. The van der Waals surface area contributed by atoms with E-state index in [9.17, 15) is 9.59 Å². The van der Waals surface area contributed by atoms with Gasteiger partial charge in [0.1, 0.15) is 25.1 Å². The maximum absolute atomic E-state index is 11.7. The topological polar surface area (TPSA) is 154 Å². The molecule has 4 unspecified atom stereocenters. The Morgan fingerprint density at radius 3 is 0.941 bits per heavy atom. The summed E-state index contributed by atoms with van der Waals surface area (Å²) in [6.07, 6.45) is 58.7. The molecule has 10 aliphatic carbocycles. The molecule has 3 heterocycles. The Bertz CT molecular complexity index is 3670. The van der Waals surface area contributed by atoms with E-state index in [4.69, 9.17) is 29.7 Å². The first-order valence-electron chi connectivity index (χ1n) is 49.1. The number of carbonyl (C=O) groups excluding carboxylic acids is 1. The molecule has 4 N–H and O–H groups in total. The third-order valence-electron chi connectivity index (χ3n) is 27.3. The Balaban J connectivity index is -0.000000371. The number of carboxylic acid groups (broad SMARTS) is 1. The zero-order chi connectivity index (χ0) is 84.9. The van der Waals surface area contributed by atoms with Crippen molar-refractivity contribution in [1.82, 2.24) is 10.6 Å². The van der Waals surface area contributed by atoms with Gasteiger partial charge < -0.3 is 105 Å². The predicted molar refractivity (Wildman–Crippen MR) is 580 cm³/mol. The summed E-state index contributed by atoms with van der Waals surface area (Å²) in [6, 6.07) is 67.1. The second-order valence-corrected chi connectivity index (χ2v) is 42.4. The van der Waals surface area contributed by atoms with Crippen LogP contribution in [0.1, 0.15) is 341 Å². The van der Waals surface area contributed by atoms with E-state index in [1.165, 1.54) is 276 Å². The minimum absolute atomic E-state index is 0. The number of nitrogens with one attached hydrogen (secondary N) is 2. The molecule has 19 rings (SSSR count). The first kappa shape index (κ1) is 143. The third-order valence-corrected chi connectivity index (χ3v) is 33.2. The largest absolute Gasteiger partial charge is 2.00 e. The van der Waals surface area contributed by atoms with E-state index in [0.29, 0.717) is 58.9 Å². The van der Waals surface area contributed by atoms with Crippen LogP contribution in [0.15, 0.2) is 197 Å². The molecule has 10 fully saturated rings. The van der Waals surface area contributed by atoms with Crippen molar-refractivity contribution in [3.63, 3.8) is 0 Å². The van der Waals surface area contributed by atoms with E-state index >= 15 is 0 Å². The van der Waals surface area contributed by atoms with Crippen LogP contribution in [-0.4, -0.2) is 89.0 Å².